The fraction of sp³-hybridized carbons (Fsp3) is 0.588. The quantitative estimate of drug-likeness (QED) is 0.905. The molecule has 3 rings (SSSR count). The molecule has 0 aromatic heterocycles. The number of rotatable bonds is 5. The smallest absolute Gasteiger partial charge is 0.258 e. The first-order chi connectivity index (χ1) is 10.5. The Hall–Kier alpha value is -1.75. The molecule has 0 radical (unpaired) electrons. The van der Waals surface area contributed by atoms with Gasteiger partial charge in [0.25, 0.3) is 5.91 Å². The molecule has 0 unspecified atom stereocenters. The van der Waals surface area contributed by atoms with Crippen LogP contribution in [0.4, 0.5) is 0 Å². The number of fused-ring (bicyclic) bond motifs is 1. The molecule has 1 aromatic rings. The van der Waals surface area contributed by atoms with Crippen LogP contribution in [0.1, 0.15) is 32.3 Å². The minimum atomic E-state index is -0.218. The van der Waals surface area contributed by atoms with Crippen molar-refractivity contribution in [2.45, 2.75) is 44.8 Å². The lowest BCUT2D eigenvalue weighted by molar-refractivity contribution is -0.123. The lowest BCUT2D eigenvalue weighted by atomic mass is 10.0. The minimum Gasteiger partial charge on any atom is -0.483 e. The van der Waals surface area contributed by atoms with Gasteiger partial charge in [-0.15, -0.1) is 0 Å². The van der Waals surface area contributed by atoms with E-state index in [1.54, 1.807) is 0 Å². The van der Waals surface area contributed by atoms with Crippen molar-refractivity contribution in [3.63, 3.8) is 0 Å². The van der Waals surface area contributed by atoms with Crippen molar-refractivity contribution in [1.29, 1.82) is 0 Å². The van der Waals surface area contributed by atoms with Gasteiger partial charge in [0, 0.05) is 25.1 Å². The maximum atomic E-state index is 11.9. The highest BCUT2D eigenvalue weighted by molar-refractivity contribution is 5.77. The number of benzene rings is 1. The first-order valence-corrected chi connectivity index (χ1v) is 7.85. The number of ether oxygens (including phenoxy) is 3. The molecule has 2 aliphatic heterocycles. The molecule has 0 saturated carbocycles. The standard InChI is InChI=1S/C17H23NO4/c1-17(2)9-12-5-3-7-14(16(12)22-17)21-11-15(19)18-10-13-6-4-8-20-13/h3,5,7,13H,4,6,8-11H2,1-2H3,(H,18,19)/t13-/m1/s1. The van der Waals surface area contributed by atoms with E-state index >= 15 is 0 Å². The Morgan fingerprint density at radius 2 is 2.32 bits per heavy atom. The molecule has 22 heavy (non-hydrogen) atoms. The van der Waals surface area contributed by atoms with Crippen molar-refractivity contribution in [3.8, 4) is 11.5 Å². The number of hydrogen-bond acceptors (Lipinski definition) is 4. The third-order valence-corrected chi connectivity index (χ3v) is 3.96. The second kappa shape index (κ2) is 6.16. The van der Waals surface area contributed by atoms with Crippen molar-refractivity contribution in [2.24, 2.45) is 0 Å². The zero-order chi connectivity index (χ0) is 15.6. The number of carbonyl (C=O) groups is 1. The van der Waals surface area contributed by atoms with Crippen LogP contribution in [-0.4, -0.2) is 37.4 Å². The molecule has 2 aliphatic rings. The highest BCUT2D eigenvalue weighted by Crippen LogP contribution is 2.41. The Morgan fingerprint density at radius 1 is 1.45 bits per heavy atom. The molecule has 1 aromatic carbocycles. The summed E-state index contributed by atoms with van der Waals surface area (Å²) in [4.78, 5) is 11.9. The SMILES string of the molecule is CC1(C)Cc2cccc(OCC(=O)NC[C@H]3CCCO3)c2O1. The summed E-state index contributed by atoms with van der Waals surface area (Å²) in [6.45, 7) is 5.43. The topological polar surface area (TPSA) is 56.8 Å². The van der Waals surface area contributed by atoms with Crippen LogP contribution in [-0.2, 0) is 16.0 Å². The van der Waals surface area contributed by atoms with E-state index in [9.17, 15) is 4.79 Å². The van der Waals surface area contributed by atoms with Crippen molar-refractivity contribution < 1.29 is 19.0 Å². The predicted molar refractivity (Wildman–Crippen MR) is 82.3 cm³/mol. The summed E-state index contributed by atoms with van der Waals surface area (Å²) in [5.74, 6) is 1.26. The fourth-order valence-corrected chi connectivity index (χ4v) is 2.93. The summed E-state index contributed by atoms with van der Waals surface area (Å²) in [5.41, 5.74) is 0.909. The first kappa shape index (κ1) is 15.2. The van der Waals surface area contributed by atoms with Crippen LogP contribution in [0.15, 0.2) is 18.2 Å². The van der Waals surface area contributed by atoms with Crippen molar-refractivity contribution in [3.05, 3.63) is 23.8 Å². The number of nitrogens with one attached hydrogen (secondary N) is 1. The number of hydrogen-bond donors (Lipinski definition) is 1. The van der Waals surface area contributed by atoms with E-state index in [0.29, 0.717) is 12.3 Å². The van der Waals surface area contributed by atoms with Gasteiger partial charge in [-0.3, -0.25) is 4.79 Å². The molecule has 5 heteroatoms. The summed E-state index contributed by atoms with van der Waals surface area (Å²) < 4.78 is 17.0. The Kier molecular flexibility index (Phi) is 4.25. The van der Waals surface area contributed by atoms with Crippen LogP contribution >= 0.6 is 0 Å². The second-order valence-corrected chi connectivity index (χ2v) is 6.51. The number of para-hydroxylation sites is 1. The Bertz CT molecular complexity index is 550. The second-order valence-electron chi connectivity index (χ2n) is 6.51. The molecular weight excluding hydrogens is 282 g/mol. The Balaban J connectivity index is 1.52. The van der Waals surface area contributed by atoms with E-state index in [2.05, 4.69) is 5.32 Å². The zero-order valence-corrected chi connectivity index (χ0v) is 13.2. The van der Waals surface area contributed by atoms with Crippen molar-refractivity contribution >= 4 is 5.91 Å². The first-order valence-electron chi connectivity index (χ1n) is 7.85. The monoisotopic (exact) mass is 305 g/mol. The van der Waals surface area contributed by atoms with E-state index in [-0.39, 0.29) is 24.2 Å². The highest BCUT2D eigenvalue weighted by atomic mass is 16.5. The molecular formula is C17H23NO4. The average molecular weight is 305 g/mol. The maximum Gasteiger partial charge on any atom is 0.258 e. The van der Waals surface area contributed by atoms with E-state index < -0.39 is 0 Å². The molecule has 0 bridgehead atoms. The molecule has 1 amide bonds. The summed E-state index contributed by atoms with van der Waals surface area (Å²) in [6.07, 6.45) is 3.08. The Labute approximate surface area is 130 Å². The molecule has 5 nitrogen and oxygen atoms in total. The van der Waals surface area contributed by atoms with Gasteiger partial charge in [0.05, 0.1) is 6.10 Å². The van der Waals surface area contributed by atoms with Crippen LogP contribution < -0.4 is 14.8 Å². The summed E-state index contributed by atoms with van der Waals surface area (Å²) in [6, 6.07) is 5.81. The lowest BCUT2D eigenvalue weighted by Crippen LogP contribution is -2.35. The number of carbonyl (C=O) groups excluding carboxylic acids is 1. The van der Waals surface area contributed by atoms with Crippen LogP contribution in [0.2, 0.25) is 0 Å². The van der Waals surface area contributed by atoms with E-state index in [1.807, 2.05) is 32.0 Å². The van der Waals surface area contributed by atoms with Gasteiger partial charge in [0.1, 0.15) is 5.60 Å². The summed E-state index contributed by atoms with van der Waals surface area (Å²) in [5, 5.41) is 2.85. The van der Waals surface area contributed by atoms with Gasteiger partial charge in [-0.2, -0.15) is 0 Å². The largest absolute Gasteiger partial charge is 0.483 e. The number of amides is 1. The minimum absolute atomic E-state index is 0.00698. The van der Waals surface area contributed by atoms with E-state index in [1.165, 1.54) is 0 Å². The maximum absolute atomic E-state index is 11.9. The summed E-state index contributed by atoms with van der Waals surface area (Å²) >= 11 is 0. The van der Waals surface area contributed by atoms with Gasteiger partial charge >= 0.3 is 0 Å². The average Bonchev–Trinajstić information content (AvgIpc) is 3.08. The molecule has 1 atom stereocenters. The van der Waals surface area contributed by atoms with Gasteiger partial charge in [0.2, 0.25) is 0 Å². The van der Waals surface area contributed by atoms with Crippen molar-refractivity contribution in [2.75, 3.05) is 19.8 Å². The molecule has 120 valence electrons. The van der Waals surface area contributed by atoms with E-state index in [4.69, 9.17) is 14.2 Å². The molecule has 1 fully saturated rings. The predicted octanol–water partition coefficient (Wildman–Crippen LogP) is 2.07. The Morgan fingerprint density at radius 3 is 3.09 bits per heavy atom. The van der Waals surface area contributed by atoms with Gasteiger partial charge in [-0.1, -0.05) is 12.1 Å². The molecule has 0 spiro atoms. The van der Waals surface area contributed by atoms with Crippen molar-refractivity contribution in [1.82, 2.24) is 5.32 Å². The molecule has 1 saturated heterocycles. The van der Waals surface area contributed by atoms with Gasteiger partial charge in [-0.05, 0) is 32.8 Å². The van der Waals surface area contributed by atoms with Crippen LogP contribution in [0.25, 0.3) is 0 Å². The third kappa shape index (κ3) is 3.53. The molecule has 0 aliphatic carbocycles. The zero-order valence-electron chi connectivity index (χ0n) is 13.2. The molecule has 1 N–H and O–H groups in total. The fourth-order valence-electron chi connectivity index (χ4n) is 2.93. The van der Waals surface area contributed by atoms with Crippen LogP contribution in [0.5, 0.6) is 11.5 Å². The van der Waals surface area contributed by atoms with E-state index in [0.717, 1.165) is 37.2 Å². The summed E-state index contributed by atoms with van der Waals surface area (Å²) in [7, 11) is 0. The third-order valence-electron chi connectivity index (χ3n) is 3.96. The van der Waals surface area contributed by atoms with Gasteiger partial charge in [0.15, 0.2) is 18.1 Å². The lowest BCUT2D eigenvalue weighted by Gasteiger charge is -2.18. The normalized spacial score (nSPS) is 22.0. The van der Waals surface area contributed by atoms with Crippen LogP contribution in [0.3, 0.4) is 0 Å². The van der Waals surface area contributed by atoms with Gasteiger partial charge in [-0.25, -0.2) is 0 Å². The van der Waals surface area contributed by atoms with Crippen LogP contribution in [0, 0.1) is 0 Å². The molecule has 2 heterocycles. The van der Waals surface area contributed by atoms with Gasteiger partial charge < -0.3 is 19.5 Å². The highest BCUT2D eigenvalue weighted by Gasteiger charge is 2.32.